The van der Waals surface area contributed by atoms with Crippen LogP contribution in [0.1, 0.15) is 52.0 Å². The first-order chi connectivity index (χ1) is 16.8. The number of carboxylic acids is 1. The summed E-state index contributed by atoms with van der Waals surface area (Å²) in [6.07, 6.45) is 1.91. The molecular weight excluding hydrogens is 510 g/mol. The molecule has 1 aromatic carbocycles. The molecule has 36 heavy (non-hydrogen) atoms. The molecule has 2 aliphatic heterocycles. The molecule has 3 rings (SSSR count). The van der Waals surface area contributed by atoms with Gasteiger partial charge in [-0.2, -0.15) is 4.72 Å². The molecule has 0 spiro atoms. The summed E-state index contributed by atoms with van der Waals surface area (Å²) in [5.41, 5.74) is 1.07. The number of esters is 1. The Hall–Kier alpha value is -2.37. The maximum Gasteiger partial charge on any atom is 0.305 e. The monoisotopic (exact) mass is 543 g/mol. The Labute approximate surface area is 216 Å². The molecule has 200 valence electrons. The van der Waals surface area contributed by atoms with Gasteiger partial charge in [0.05, 0.1) is 18.7 Å². The van der Waals surface area contributed by atoms with E-state index in [4.69, 9.17) is 16.3 Å². The number of ether oxygens (including phenoxy) is 1. The van der Waals surface area contributed by atoms with Gasteiger partial charge in [0.15, 0.2) is 0 Å². The van der Waals surface area contributed by atoms with Gasteiger partial charge in [-0.15, -0.1) is 0 Å². The number of nitrogens with one attached hydrogen (secondary N) is 2. The van der Waals surface area contributed by atoms with Gasteiger partial charge < -0.3 is 20.1 Å². The second-order valence-electron chi connectivity index (χ2n) is 10.3. The first-order valence-electron chi connectivity index (χ1n) is 12.0. The lowest BCUT2D eigenvalue weighted by Crippen LogP contribution is -2.51. The van der Waals surface area contributed by atoms with Crippen molar-refractivity contribution in [3.63, 3.8) is 0 Å². The number of aliphatic carboxylic acids is 1. The van der Waals surface area contributed by atoms with Crippen LogP contribution in [-0.2, 0) is 35.6 Å². The molecule has 0 aliphatic carbocycles. The van der Waals surface area contributed by atoms with Gasteiger partial charge in [-0.25, -0.2) is 8.42 Å². The Morgan fingerprint density at radius 3 is 2.56 bits per heavy atom. The lowest BCUT2D eigenvalue weighted by atomic mass is 9.82. The molecule has 1 amide bonds. The number of rotatable bonds is 9. The number of sulfonamides is 1. The Bertz CT molecular complexity index is 1110. The third kappa shape index (κ3) is 7.33. The fraction of sp³-hybridized carbons (Fsp3) is 0.625. The van der Waals surface area contributed by atoms with E-state index < -0.39 is 34.4 Å². The van der Waals surface area contributed by atoms with Crippen LogP contribution in [0, 0.1) is 11.3 Å². The number of piperidine rings is 1. The zero-order chi connectivity index (χ0) is 26.7. The summed E-state index contributed by atoms with van der Waals surface area (Å²) in [6.45, 7) is 7.05. The number of carbonyl (C=O) groups is 3. The molecule has 2 aliphatic rings. The van der Waals surface area contributed by atoms with Crippen molar-refractivity contribution in [2.45, 2.75) is 63.8 Å². The zero-order valence-electron chi connectivity index (χ0n) is 20.8. The van der Waals surface area contributed by atoms with Crippen LogP contribution >= 0.6 is 11.6 Å². The number of benzene rings is 1. The summed E-state index contributed by atoms with van der Waals surface area (Å²) in [7, 11) is -4.28. The summed E-state index contributed by atoms with van der Waals surface area (Å²) in [6, 6.07) is 1.57. The van der Waals surface area contributed by atoms with E-state index in [1.165, 1.54) is 17.9 Å². The third-order valence-electron chi connectivity index (χ3n) is 6.58. The quantitative estimate of drug-likeness (QED) is 0.403. The van der Waals surface area contributed by atoms with Crippen LogP contribution in [0.15, 0.2) is 17.0 Å². The van der Waals surface area contributed by atoms with E-state index in [-0.39, 0.29) is 27.2 Å². The molecule has 1 fully saturated rings. The minimum atomic E-state index is -4.28. The van der Waals surface area contributed by atoms with Gasteiger partial charge in [0.1, 0.15) is 10.9 Å². The van der Waals surface area contributed by atoms with Crippen molar-refractivity contribution in [1.82, 2.24) is 9.62 Å². The Morgan fingerprint density at radius 2 is 1.94 bits per heavy atom. The molecule has 10 nitrogen and oxygen atoms in total. The standard InChI is InChI=1S/C24H34ClN3O7S/c1-15(29)35-9-6-16-4-7-28(8-5-16)23(32)19(12-21(30)31)27-36(33,34)20-11-18(25)10-17-13-24(2,3)14-26-22(17)20/h10-11,16,19,26-27H,4-9,12-14H2,1-3H3,(H,30,31). The van der Waals surface area contributed by atoms with E-state index in [1.807, 2.05) is 0 Å². The van der Waals surface area contributed by atoms with Crippen molar-refractivity contribution in [3.8, 4) is 0 Å². The highest BCUT2D eigenvalue weighted by atomic mass is 35.5. The van der Waals surface area contributed by atoms with E-state index >= 15 is 0 Å². The van der Waals surface area contributed by atoms with E-state index in [2.05, 4.69) is 23.9 Å². The zero-order valence-corrected chi connectivity index (χ0v) is 22.4. The summed E-state index contributed by atoms with van der Waals surface area (Å²) >= 11 is 6.24. The molecule has 1 unspecified atom stereocenters. The van der Waals surface area contributed by atoms with E-state index in [0.717, 1.165) is 5.56 Å². The highest BCUT2D eigenvalue weighted by molar-refractivity contribution is 7.89. The predicted molar refractivity (Wildman–Crippen MR) is 134 cm³/mol. The van der Waals surface area contributed by atoms with Crippen LogP contribution in [0.3, 0.4) is 0 Å². The molecule has 3 N–H and O–H groups in total. The number of fused-ring (bicyclic) bond motifs is 1. The Morgan fingerprint density at radius 1 is 1.28 bits per heavy atom. The fourth-order valence-corrected chi connectivity index (χ4v) is 6.48. The number of anilines is 1. The van der Waals surface area contributed by atoms with Gasteiger partial charge >= 0.3 is 11.9 Å². The summed E-state index contributed by atoms with van der Waals surface area (Å²) in [5.74, 6) is -1.95. The van der Waals surface area contributed by atoms with Crippen molar-refractivity contribution in [1.29, 1.82) is 0 Å². The first-order valence-corrected chi connectivity index (χ1v) is 13.9. The van der Waals surface area contributed by atoms with Crippen molar-refractivity contribution >= 4 is 45.2 Å². The number of nitrogens with zero attached hydrogens (tertiary/aromatic N) is 1. The van der Waals surface area contributed by atoms with Crippen molar-refractivity contribution < 1.29 is 32.6 Å². The smallest absolute Gasteiger partial charge is 0.305 e. The predicted octanol–water partition coefficient (Wildman–Crippen LogP) is 2.65. The molecule has 0 saturated carbocycles. The lowest BCUT2D eigenvalue weighted by molar-refractivity contribution is -0.143. The second kappa shape index (κ2) is 11.4. The number of hydrogen-bond donors (Lipinski definition) is 3. The van der Waals surface area contributed by atoms with Crippen molar-refractivity contribution in [2.75, 3.05) is 31.6 Å². The molecular formula is C24H34ClN3O7S. The minimum Gasteiger partial charge on any atom is -0.481 e. The van der Waals surface area contributed by atoms with Crippen LogP contribution in [0.2, 0.25) is 5.02 Å². The number of halogens is 1. The number of carbonyl (C=O) groups excluding carboxylic acids is 2. The lowest BCUT2D eigenvalue weighted by Gasteiger charge is -2.35. The number of hydrogen-bond acceptors (Lipinski definition) is 7. The van der Waals surface area contributed by atoms with Gasteiger partial charge in [0.2, 0.25) is 15.9 Å². The molecule has 12 heteroatoms. The van der Waals surface area contributed by atoms with Crippen LogP contribution in [0.5, 0.6) is 0 Å². The topological polar surface area (TPSA) is 142 Å². The maximum atomic E-state index is 13.4. The summed E-state index contributed by atoms with van der Waals surface area (Å²) in [4.78, 5) is 37.1. The molecule has 0 aromatic heterocycles. The largest absolute Gasteiger partial charge is 0.481 e. The maximum absolute atomic E-state index is 13.4. The van der Waals surface area contributed by atoms with Crippen LogP contribution in [0.25, 0.3) is 0 Å². The van der Waals surface area contributed by atoms with E-state index in [0.29, 0.717) is 57.6 Å². The van der Waals surface area contributed by atoms with Gasteiger partial charge in [-0.05, 0) is 54.7 Å². The molecule has 1 saturated heterocycles. The minimum absolute atomic E-state index is 0.0989. The average Bonchev–Trinajstić information content (AvgIpc) is 2.76. The van der Waals surface area contributed by atoms with Crippen LogP contribution in [-0.4, -0.2) is 68.6 Å². The van der Waals surface area contributed by atoms with Crippen molar-refractivity contribution in [2.24, 2.45) is 11.3 Å². The first kappa shape index (κ1) is 28.2. The van der Waals surface area contributed by atoms with Gasteiger partial charge in [-0.1, -0.05) is 25.4 Å². The molecule has 0 bridgehead atoms. The number of amides is 1. The highest BCUT2D eigenvalue weighted by Gasteiger charge is 2.36. The molecule has 0 radical (unpaired) electrons. The van der Waals surface area contributed by atoms with Crippen LogP contribution < -0.4 is 10.0 Å². The van der Waals surface area contributed by atoms with E-state index in [9.17, 15) is 27.9 Å². The van der Waals surface area contributed by atoms with Gasteiger partial charge in [0, 0.05) is 31.6 Å². The Balaban J connectivity index is 1.75. The number of likely N-dealkylation sites (tertiary alicyclic amines) is 1. The average molecular weight is 544 g/mol. The second-order valence-corrected chi connectivity index (χ2v) is 12.4. The SMILES string of the molecule is CC(=O)OCCC1CCN(C(=O)C(CC(=O)O)NS(=O)(=O)c2cc(Cl)cc3c2NCC(C)(C)C3)CC1. The summed E-state index contributed by atoms with van der Waals surface area (Å²) in [5, 5.41) is 12.8. The summed E-state index contributed by atoms with van der Waals surface area (Å²) < 4.78 is 34.1. The fourth-order valence-electron chi connectivity index (χ4n) is 4.73. The van der Waals surface area contributed by atoms with E-state index in [1.54, 1.807) is 6.07 Å². The van der Waals surface area contributed by atoms with Gasteiger partial charge in [-0.3, -0.25) is 14.4 Å². The molecule has 1 atom stereocenters. The molecule has 2 heterocycles. The third-order valence-corrected chi connectivity index (χ3v) is 8.30. The van der Waals surface area contributed by atoms with Crippen molar-refractivity contribution in [3.05, 3.63) is 22.7 Å². The number of carboxylic acid groups (broad SMARTS) is 1. The normalized spacial score (nSPS) is 18.6. The van der Waals surface area contributed by atoms with Crippen LogP contribution in [0.4, 0.5) is 5.69 Å². The molecule has 1 aromatic rings. The Kier molecular flexibility index (Phi) is 8.89. The highest BCUT2D eigenvalue weighted by Crippen LogP contribution is 2.38. The van der Waals surface area contributed by atoms with Gasteiger partial charge in [0.25, 0.3) is 0 Å².